The zero-order valence-electron chi connectivity index (χ0n) is 17.8. The minimum Gasteiger partial charge on any atom is -0.495 e. The Labute approximate surface area is 179 Å². The van der Waals surface area contributed by atoms with Crippen LogP contribution in [0.4, 0.5) is 16.2 Å². The zero-order valence-corrected chi connectivity index (χ0v) is 17.8. The summed E-state index contributed by atoms with van der Waals surface area (Å²) in [5.41, 5.74) is 0.492. The molecule has 0 saturated carbocycles. The number of nitrogens with zero attached hydrogens (tertiary/aromatic N) is 2. The number of amides is 2. The first kappa shape index (κ1) is 21.8. The van der Waals surface area contributed by atoms with E-state index in [-0.39, 0.29) is 17.9 Å². The molecular weight excluding hydrogens is 400 g/mol. The van der Waals surface area contributed by atoms with E-state index in [9.17, 15) is 14.4 Å². The number of carbonyl (C=O) groups is 2. The number of hydrogen-bond donors (Lipinski definition) is 2. The number of para-hydroxylation sites is 1. The molecule has 31 heavy (non-hydrogen) atoms. The van der Waals surface area contributed by atoms with E-state index in [2.05, 4.69) is 15.7 Å². The molecule has 0 bridgehead atoms. The average Bonchev–Trinajstić information content (AvgIpc) is 2.69. The molecule has 0 saturated heterocycles. The number of aromatic nitrogens is 2. The Kier molecular flexibility index (Phi) is 6.24. The van der Waals surface area contributed by atoms with Gasteiger partial charge in [-0.2, -0.15) is 5.10 Å². The maximum absolute atomic E-state index is 12.6. The molecule has 1 aromatic heterocycles. The second kappa shape index (κ2) is 8.86. The summed E-state index contributed by atoms with van der Waals surface area (Å²) in [7, 11) is 1.47. The largest absolute Gasteiger partial charge is 0.495 e. The van der Waals surface area contributed by atoms with Crippen LogP contribution in [-0.2, 0) is 16.1 Å². The standard InChI is InChI=1S/C22H24N4O5/c1-22(2,3)31-21(29)25-16-11-14(9-10-19(16)30-4)24-20(28)13-26-17-8-6-5-7-15(17)18(27)12-23-26/h5-12H,13H2,1-4H3,(H,24,28)(H,25,29). The molecule has 0 spiro atoms. The summed E-state index contributed by atoms with van der Waals surface area (Å²) in [4.78, 5) is 36.6. The fourth-order valence-electron chi connectivity index (χ4n) is 2.92. The van der Waals surface area contributed by atoms with E-state index in [0.29, 0.717) is 28.0 Å². The highest BCUT2D eigenvalue weighted by molar-refractivity contribution is 5.94. The summed E-state index contributed by atoms with van der Waals surface area (Å²) in [5.74, 6) is 0.0617. The van der Waals surface area contributed by atoms with Gasteiger partial charge in [0, 0.05) is 11.1 Å². The highest BCUT2D eigenvalue weighted by Crippen LogP contribution is 2.28. The lowest BCUT2D eigenvalue weighted by Gasteiger charge is -2.20. The second-order valence-electron chi connectivity index (χ2n) is 7.77. The van der Waals surface area contributed by atoms with E-state index < -0.39 is 11.7 Å². The molecule has 9 heteroatoms. The third kappa shape index (κ3) is 5.59. The Morgan fingerprint density at radius 1 is 1.10 bits per heavy atom. The van der Waals surface area contributed by atoms with E-state index in [4.69, 9.17) is 9.47 Å². The second-order valence-corrected chi connectivity index (χ2v) is 7.77. The van der Waals surface area contributed by atoms with E-state index >= 15 is 0 Å². The van der Waals surface area contributed by atoms with Crippen LogP contribution < -0.4 is 20.8 Å². The summed E-state index contributed by atoms with van der Waals surface area (Å²) < 4.78 is 12.0. The molecule has 2 amide bonds. The molecule has 0 unspecified atom stereocenters. The number of carbonyl (C=O) groups excluding carboxylic acids is 2. The van der Waals surface area contributed by atoms with E-state index in [1.54, 1.807) is 63.2 Å². The van der Waals surface area contributed by atoms with Gasteiger partial charge in [-0.05, 0) is 51.1 Å². The Balaban J connectivity index is 1.77. The van der Waals surface area contributed by atoms with Gasteiger partial charge < -0.3 is 14.8 Å². The molecular formula is C22H24N4O5. The van der Waals surface area contributed by atoms with Crippen LogP contribution in [0.25, 0.3) is 10.9 Å². The molecule has 0 atom stereocenters. The molecule has 3 aromatic rings. The van der Waals surface area contributed by atoms with Gasteiger partial charge in [-0.1, -0.05) is 12.1 Å². The molecule has 9 nitrogen and oxygen atoms in total. The summed E-state index contributed by atoms with van der Waals surface area (Å²) in [6, 6.07) is 11.8. The molecule has 1 heterocycles. The Morgan fingerprint density at radius 3 is 2.55 bits per heavy atom. The predicted molar refractivity (Wildman–Crippen MR) is 117 cm³/mol. The predicted octanol–water partition coefficient (Wildman–Crippen LogP) is 3.39. The highest BCUT2D eigenvalue weighted by Gasteiger charge is 2.18. The van der Waals surface area contributed by atoms with Crippen molar-refractivity contribution in [1.82, 2.24) is 9.78 Å². The Morgan fingerprint density at radius 2 is 1.84 bits per heavy atom. The van der Waals surface area contributed by atoms with Crippen LogP contribution in [0.15, 0.2) is 53.5 Å². The molecule has 2 N–H and O–H groups in total. The van der Waals surface area contributed by atoms with Crippen molar-refractivity contribution >= 4 is 34.3 Å². The molecule has 0 radical (unpaired) electrons. The quantitative estimate of drug-likeness (QED) is 0.649. The van der Waals surface area contributed by atoms with Gasteiger partial charge in [-0.25, -0.2) is 4.79 Å². The average molecular weight is 424 g/mol. The number of hydrogen-bond acceptors (Lipinski definition) is 6. The Hall–Kier alpha value is -3.88. The zero-order chi connectivity index (χ0) is 22.6. The monoisotopic (exact) mass is 424 g/mol. The van der Waals surface area contributed by atoms with Crippen LogP contribution in [0, 0.1) is 0 Å². The number of methoxy groups -OCH3 is 1. The van der Waals surface area contributed by atoms with Gasteiger partial charge >= 0.3 is 6.09 Å². The van der Waals surface area contributed by atoms with Crippen molar-refractivity contribution < 1.29 is 19.1 Å². The molecule has 0 aliphatic heterocycles. The first-order valence-corrected chi connectivity index (χ1v) is 9.59. The lowest BCUT2D eigenvalue weighted by atomic mass is 10.2. The van der Waals surface area contributed by atoms with Gasteiger partial charge in [0.1, 0.15) is 17.9 Å². The van der Waals surface area contributed by atoms with Gasteiger partial charge in [-0.15, -0.1) is 0 Å². The first-order valence-electron chi connectivity index (χ1n) is 9.59. The number of anilines is 2. The van der Waals surface area contributed by atoms with Crippen LogP contribution in [0.2, 0.25) is 0 Å². The van der Waals surface area contributed by atoms with Crippen LogP contribution in [0.3, 0.4) is 0 Å². The molecule has 0 aliphatic carbocycles. The van der Waals surface area contributed by atoms with Crippen molar-refractivity contribution in [3.63, 3.8) is 0 Å². The van der Waals surface area contributed by atoms with Crippen molar-refractivity contribution in [2.75, 3.05) is 17.7 Å². The lowest BCUT2D eigenvalue weighted by Crippen LogP contribution is -2.27. The molecule has 2 aromatic carbocycles. The summed E-state index contributed by atoms with van der Waals surface area (Å²) in [5, 5.41) is 9.92. The van der Waals surface area contributed by atoms with Crippen LogP contribution in [0.1, 0.15) is 20.8 Å². The number of benzene rings is 2. The van der Waals surface area contributed by atoms with Crippen LogP contribution in [-0.4, -0.2) is 34.5 Å². The Bertz CT molecular complexity index is 1180. The summed E-state index contributed by atoms with van der Waals surface area (Å²) in [6.07, 6.45) is 0.546. The molecule has 0 aliphatic rings. The van der Waals surface area contributed by atoms with Crippen molar-refractivity contribution in [1.29, 1.82) is 0 Å². The molecule has 162 valence electrons. The van der Waals surface area contributed by atoms with Gasteiger partial charge in [-0.3, -0.25) is 19.6 Å². The summed E-state index contributed by atoms with van der Waals surface area (Å²) >= 11 is 0. The van der Waals surface area contributed by atoms with Gasteiger partial charge in [0.15, 0.2) is 0 Å². The number of ether oxygens (including phenoxy) is 2. The number of fused-ring (bicyclic) bond motifs is 1. The fraction of sp³-hybridized carbons (Fsp3) is 0.273. The number of rotatable bonds is 5. The van der Waals surface area contributed by atoms with E-state index in [1.165, 1.54) is 18.0 Å². The maximum Gasteiger partial charge on any atom is 0.412 e. The maximum atomic E-state index is 12.6. The van der Waals surface area contributed by atoms with Crippen LogP contribution in [0.5, 0.6) is 5.75 Å². The normalized spacial score (nSPS) is 11.1. The van der Waals surface area contributed by atoms with Crippen molar-refractivity contribution in [3.8, 4) is 5.75 Å². The molecule has 3 rings (SSSR count). The van der Waals surface area contributed by atoms with Gasteiger partial charge in [0.2, 0.25) is 11.3 Å². The van der Waals surface area contributed by atoms with Gasteiger partial charge in [0.05, 0.1) is 24.5 Å². The third-order valence-corrected chi connectivity index (χ3v) is 4.17. The highest BCUT2D eigenvalue weighted by atomic mass is 16.6. The van der Waals surface area contributed by atoms with E-state index in [1.807, 2.05) is 0 Å². The van der Waals surface area contributed by atoms with Gasteiger partial charge in [0.25, 0.3) is 0 Å². The smallest absolute Gasteiger partial charge is 0.412 e. The minimum absolute atomic E-state index is 0.0956. The first-order chi connectivity index (χ1) is 14.7. The van der Waals surface area contributed by atoms with Crippen molar-refractivity contribution in [2.24, 2.45) is 0 Å². The van der Waals surface area contributed by atoms with Crippen molar-refractivity contribution in [2.45, 2.75) is 32.9 Å². The SMILES string of the molecule is COc1ccc(NC(=O)Cn2ncc(=O)c3ccccc32)cc1NC(=O)OC(C)(C)C. The third-order valence-electron chi connectivity index (χ3n) is 4.17. The topological polar surface area (TPSA) is 112 Å². The molecule has 0 fully saturated rings. The lowest BCUT2D eigenvalue weighted by molar-refractivity contribution is -0.116. The van der Waals surface area contributed by atoms with E-state index in [0.717, 1.165) is 0 Å². The van der Waals surface area contributed by atoms with Crippen molar-refractivity contribution in [3.05, 3.63) is 58.9 Å². The summed E-state index contributed by atoms with van der Waals surface area (Å²) in [6.45, 7) is 5.18. The fourth-order valence-corrected chi connectivity index (χ4v) is 2.92. The number of nitrogens with one attached hydrogen (secondary N) is 2. The minimum atomic E-state index is -0.657. The van der Waals surface area contributed by atoms with Crippen LogP contribution >= 0.6 is 0 Å².